The van der Waals surface area contributed by atoms with Gasteiger partial charge in [0, 0.05) is 19.1 Å². The highest BCUT2D eigenvalue weighted by Gasteiger charge is 2.47. The van der Waals surface area contributed by atoms with Crippen LogP contribution in [0.3, 0.4) is 0 Å². The van der Waals surface area contributed by atoms with Crippen LogP contribution in [0.5, 0.6) is 0 Å². The first-order chi connectivity index (χ1) is 8.81. The van der Waals surface area contributed by atoms with E-state index in [4.69, 9.17) is 9.47 Å². The third kappa shape index (κ3) is 4.27. The molecule has 3 nitrogen and oxygen atoms in total. The second-order valence-electron chi connectivity index (χ2n) is 5.40. The minimum absolute atomic E-state index is 0.0138. The number of epoxide rings is 1. The fourth-order valence-electron chi connectivity index (χ4n) is 2.66. The third-order valence-electron chi connectivity index (χ3n) is 3.81. The van der Waals surface area contributed by atoms with Crippen molar-refractivity contribution >= 4 is 5.97 Å². The van der Waals surface area contributed by atoms with Crippen molar-refractivity contribution < 1.29 is 14.3 Å². The Hall–Kier alpha value is -0.570. The molecule has 2 fully saturated rings. The van der Waals surface area contributed by atoms with Crippen molar-refractivity contribution in [1.82, 2.24) is 0 Å². The summed E-state index contributed by atoms with van der Waals surface area (Å²) in [6.45, 7) is 3.85. The molecule has 0 aromatic heterocycles. The summed E-state index contributed by atoms with van der Waals surface area (Å²) in [4.78, 5) is 10.9. The molecule has 1 heterocycles. The van der Waals surface area contributed by atoms with Gasteiger partial charge in [0.1, 0.15) is 0 Å². The lowest BCUT2D eigenvalue weighted by Crippen LogP contribution is -2.06. The van der Waals surface area contributed by atoms with Gasteiger partial charge in [0.05, 0.1) is 0 Å². The van der Waals surface area contributed by atoms with Crippen LogP contribution in [0.4, 0.5) is 0 Å². The standard InChI is InChI=1S/C15H24O3/c1-2-3-4-9-17-10-5-6-12-7-8-13(11-12)14-15(16)18-14/h5,8,12-14H,2-4,6-7,9-11H2,1H3. The van der Waals surface area contributed by atoms with E-state index in [1.54, 1.807) is 0 Å². The summed E-state index contributed by atoms with van der Waals surface area (Å²) in [5.74, 6) is 1.05. The van der Waals surface area contributed by atoms with Crippen molar-refractivity contribution in [2.45, 2.75) is 51.6 Å². The van der Waals surface area contributed by atoms with Crippen LogP contribution >= 0.6 is 0 Å². The predicted molar refractivity (Wildman–Crippen MR) is 69.7 cm³/mol. The zero-order valence-electron chi connectivity index (χ0n) is 11.3. The maximum Gasteiger partial charge on any atom is 0.348 e. The van der Waals surface area contributed by atoms with Gasteiger partial charge in [-0.15, -0.1) is 0 Å². The molecule has 0 aromatic carbocycles. The normalized spacial score (nSPS) is 30.5. The molecule has 0 bridgehead atoms. The molecule has 0 amide bonds. The van der Waals surface area contributed by atoms with Gasteiger partial charge < -0.3 is 9.47 Å². The molecule has 3 unspecified atom stereocenters. The third-order valence-corrected chi connectivity index (χ3v) is 3.81. The second-order valence-corrected chi connectivity index (χ2v) is 5.40. The summed E-state index contributed by atoms with van der Waals surface area (Å²) in [7, 11) is 0. The molecular weight excluding hydrogens is 228 g/mol. The molecule has 102 valence electrons. The van der Waals surface area contributed by atoms with E-state index in [0.717, 1.165) is 32.5 Å². The minimum Gasteiger partial charge on any atom is -0.447 e. The molecule has 1 saturated carbocycles. The highest BCUT2D eigenvalue weighted by atomic mass is 16.6. The van der Waals surface area contributed by atoms with Crippen LogP contribution in [0.2, 0.25) is 0 Å². The number of hydrogen-bond donors (Lipinski definition) is 0. The van der Waals surface area contributed by atoms with Crippen molar-refractivity contribution in [1.29, 1.82) is 0 Å². The lowest BCUT2D eigenvalue weighted by Gasteiger charge is -2.09. The first-order valence-electron chi connectivity index (χ1n) is 7.24. The smallest absolute Gasteiger partial charge is 0.348 e. The number of rotatable bonds is 9. The Morgan fingerprint density at radius 1 is 1.50 bits per heavy atom. The van der Waals surface area contributed by atoms with Gasteiger partial charge in [-0.3, -0.25) is 0 Å². The summed E-state index contributed by atoms with van der Waals surface area (Å²) in [5.41, 5.74) is 0. The van der Waals surface area contributed by atoms with Gasteiger partial charge in [-0.25, -0.2) is 4.79 Å². The molecular formula is C15H24O3. The van der Waals surface area contributed by atoms with Crippen LogP contribution in [0, 0.1) is 24.7 Å². The number of carbonyl (C=O) groups is 1. The van der Waals surface area contributed by atoms with Crippen LogP contribution in [-0.4, -0.2) is 25.3 Å². The van der Waals surface area contributed by atoms with Gasteiger partial charge in [-0.05, 0) is 44.4 Å². The highest BCUT2D eigenvalue weighted by Crippen LogP contribution is 2.39. The van der Waals surface area contributed by atoms with Gasteiger partial charge >= 0.3 is 5.97 Å². The Morgan fingerprint density at radius 3 is 3.06 bits per heavy atom. The summed E-state index contributed by atoms with van der Waals surface area (Å²) in [5, 5.41) is 0. The van der Waals surface area contributed by atoms with E-state index < -0.39 is 0 Å². The zero-order chi connectivity index (χ0) is 12.8. The SMILES string of the molecule is CCCCCOC[CH]CC1C[CH]C(C2OC2=O)C1. The van der Waals surface area contributed by atoms with Gasteiger partial charge in [-0.1, -0.05) is 19.8 Å². The van der Waals surface area contributed by atoms with E-state index in [-0.39, 0.29) is 12.1 Å². The van der Waals surface area contributed by atoms with Crippen molar-refractivity contribution in [3.63, 3.8) is 0 Å². The number of carbonyl (C=O) groups excluding carboxylic acids is 1. The lowest BCUT2D eigenvalue weighted by molar-refractivity contribution is -0.117. The van der Waals surface area contributed by atoms with Crippen LogP contribution < -0.4 is 0 Å². The molecule has 2 radical (unpaired) electrons. The molecule has 18 heavy (non-hydrogen) atoms. The highest BCUT2D eigenvalue weighted by molar-refractivity contribution is 5.87. The van der Waals surface area contributed by atoms with E-state index in [0.29, 0.717) is 11.8 Å². The first-order valence-corrected chi connectivity index (χ1v) is 7.24. The molecule has 3 heteroatoms. The van der Waals surface area contributed by atoms with Gasteiger partial charge in [-0.2, -0.15) is 0 Å². The molecule has 2 rings (SSSR count). The average Bonchev–Trinajstić information content (AvgIpc) is 2.91. The van der Waals surface area contributed by atoms with Crippen LogP contribution in [0.1, 0.15) is 45.4 Å². The van der Waals surface area contributed by atoms with E-state index in [1.807, 2.05) is 0 Å². The molecule has 1 saturated heterocycles. The molecule has 0 aromatic rings. The van der Waals surface area contributed by atoms with Crippen LogP contribution in [0.25, 0.3) is 0 Å². The number of cyclic esters (lactones) is 1. The molecule has 0 N–H and O–H groups in total. The number of unbranched alkanes of at least 4 members (excludes halogenated alkanes) is 2. The Balaban J connectivity index is 1.44. The second kappa shape index (κ2) is 7.13. The molecule has 3 atom stereocenters. The molecule has 1 aliphatic heterocycles. The summed E-state index contributed by atoms with van der Waals surface area (Å²) in [6, 6.07) is 0. The molecule has 0 spiro atoms. The fourth-order valence-corrected chi connectivity index (χ4v) is 2.66. The molecule has 1 aliphatic carbocycles. The van der Waals surface area contributed by atoms with E-state index in [1.165, 1.54) is 19.3 Å². The first kappa shape index (κ1) is 13.9. The average molecular weight is 252 g/mol. The number of hydrogen-bond acceptors (Lipinski definition) is 3. The maximum atomic E-state index is 10.9. The van der Waals surface area contributed by atoms with Crippen LogP contribution in [-0.2, 0) is 14.3 Å². The largest absolute Gasteiger partial charge is 0.447 e. The Bertz CT molecular complexity index is 264. The maximum absolute atomic E-state index is 10.9. The van der Waals surface area contributed by atoms with E-state index in [2.05, 4.69) is 19.8 Å². The van der Waals surface area contributed by atoms with Crippen molar-refractivity contribution in [2.75, 3.05) is 13.2 Å². The van der Waals surface area contributed by atoms with E-state index >= 15 is 0 Å². The van der Waals surface area contributed by atoms with Gasteiger partial charge in [0.2, 0.25) is 6.10 Å². The molecule has 2 aliphatic rings. The van der Waals surface area contributed by atoms with Gasteiger partial charge in [0.25, 0.3) is 0 Å². The zero-order valence-corrected chi connectivity index (χ0v) is 11.3. The monoisotopic (exact) mass is 252 g/mol. The summed E-state index contributed by atoms with van der Waals surface area (Å²) < 4.78 is 10.5. The fraction of sp³-hybridized carbons (Fsp3) is 0.800. The predicted octanol–water partition coefficient (Wildman–Crippen LogP) is 2.94. The summed E-state index contributed by atoms with van der Waals surface area (Å²) >= 11 is 0. The van der Waals surface area contributed by atoms with E-state index in [9.17, 15) is 4.79 Å². The Morgan fingerprint density at radius 2 is 2.33 bits per heavy atom. The minimum atomic E-state index is -0.0970. The van der Waals surface area contributed by atoms with Gasteiger partial charge in [0.15, 0.2) is 0 Å². The van der Waals surface area contributed by atoms with Crippen molar-refractivity contribution in [3.8, 4) is 0 Å². The lowest BCUT2D eigenvalue weighted by atomic mass is 9.98. The van der Waals surface area contributed by atoms with Crippen molar-refractivity contribution in [2.24, 2.45) is 11.8 Å². The summed E-state index contributed by atoms with van der Waals surface area (Å²) in [6.07, 6.45) is 11.4. The Kier molecular flexibility index (Phi) is 5.48. The van der Waals surface area contributed by atoms with Crippen molar-refractivity contribution in [3.05, 3.63) is 12.8 Å². The van der Waals surface area contributed by atoms with Crippen LogP contribution in [0.15, 0.2) is 0 Å². The number of ether oxygens (including phenoxy) is 2. The Labute approximate surface area is 110 Å². The topological polar surface area (TPSA) is 38.8 Å². The quantitative estimate of drug-likeness (QED) is 0.468.